The van der Waals surface area contributed by atoms with E-state index in [1.807, 2.05) is 11.0 Å². The van der Waals surface area contributed by atoms with Crippen LogP contribution in [-0.4, -0.2) is 54.6 Å². The van der Waals surface area contributed by atoms with Gasteiger partial charge in [0.15, 0.2) is 0 Å². The van der Waals surface area contributed by atoms with Crippen molar-refractivity contribution in [1.29, 1.82) is 0 Å². The van der Waals surface area contributed by atoms with Gasteiger partial charge in [0.25, 0.3) is 0 Å². The van der Waals surface area contributed by atoms with Crippen molar-refractivity contribution in [3.05, 3.63) is 36.3 Å². The lowest BCUT2D eigenvalue weighted by atomic mass is 10.1. The van der Waals surface area contributed by atoms with Gasteiger partial charge >= 0.3 is 0 Å². The van der Waals surface area contributed by atoms with E-state index in [4.69, 9.17) is 9.15 Å². The van der Waals surface area contributed by atoms with Crippen LogP contribution >= 0.6 is 0 Å². The highest BCUT2D eigenvalue weighted by Crippen LogP contribution is 2.28. The van der Waals surface area contributed by atoms with Crippen molar-refractivity contribution in [2.24, 2.45) is 11.8 Å². The maximum Gasteiger partial charge on any atom is 0.226 e. The molecule has 0 unspecified atom stereocenters. The van der Waals surface area contributed by atoms with Crippen LogP contribution in [0.15, 0.2) is 35.2 Å². The Balaban J connectivity index is 1.37. The summed E-state index contributed by atoms with van der Waals surface area (Å²) >= 11 is 0. The molecule has 2 saturated heterocycles. The number of rotatable bonds is 3. The quantitative estimate of drug-likeness (QED) is 0.799. The van der Waals surface area contributed by atoms with Crippen LogP contribution in [0.2, 0.25) is 0 Å². The van der Waals surface area contributed by atoms with Gasteiger partial charge in [-0.2, -0.15) is 0 Å². The van der Waals surface area contributed by atoms with Gasteiger partial charge in [0.05, 0.1) is 25.2 Å². The van der Waals surface area contributed by atoms with Gasteiger partial charge in [0, 0.05) is 50.1 Å². The summed E-state index contributed by atoms with van der Waals surface area (Å²) in [5.41, 5.74) is 1.20. The van der Waals surface area contributed by atoms with Crippen molar-refractivity contribution in [3.63, 3.8) is 0 Å². The number of furan rings is 1. The largest absolute Gasteiger partial charge is 0.472 e. The number of hydrogen-bond donors (Lipinski definition) is 0. The van der Waals surface area contributed by atoms with Crippen LogP contribution in [-0.2, 0) is 16.1 Å². The second-order valence-electron chi connectivity index (χ2n) is 6.92. The number of amides is 1. The van der Waals surface area contributed by atoms with Crippen molar-refractivity contribution >= 4 is 5.91 Å². The molecule has 0 radical (unpaired) electrons. The van der Waals surface area contributed by atoms with Crippen molar-refractivity contribution in [3.8, 4) is 0 Å². The Hall–Kier alpha value is -1.59. The first-order valence-electron chi connectivity index (χ1n) is 8.58. The van der Waals surface area contributed by atoms with Crippen molar-refractivity contribution in [1.82, 2.24) is 9.80 Å². The summed E-state index contributed by atoms with van der Waals surface area (Å²) in [6, 6.07) is 2.01. The molecule has 1 aromatic heterocycles. The fourth-order valence-electron chi connectivity index (χ4n) is 4.00. The maximum absolute atomic E-state index is 12.6. The molecule has 0 N–H and O–H groups in total. The number of allylic oxidation sites excluding steroid dienone is 2. The Morgan fingerprint density at radius 2 is 2.09 bits per heavy atom. The minimum Gasteiger partial charge on any atom is -0.472 e. The van der Waals surface area contributed by atoms with Gasteiger partial charge in [-0.3, -0.25) is 9.69 Å². The topological polar surface area (TPSA) is 45.9 Å². The lowest BCUT2D eigenvalue weighted by Gasteiger charge is -2.24. The zero-order chi connectivity index (χ0) is 15.6. The number of nitrogens with zero attached hydrogens (tertiary/aromatic N) is 2. The number of fused-ring (bicyclic) bond motifs is 1. The number of carbonyl (C=O) groups excluding carboxylic acids is 1. The Labute approximate surface area is 136 Å². The van der Waals surface area contributed by atoms with E-state index < -0.39 is 0 Å². The van der Waals surface area contributed by atoms with Crippen LogP contribution in [0.5, 0.6) is 0 Å². The summed E-state index contributed by atoms with van der Waals surface area (Å²) in [7, 11) is 0. The van der Waals surface area contributed by atoms with E-state index in [0.717, 1.165) is 52.2 Å². The number of carbonyl (C=O) groups is 1. The summed E-state index contributed by atoms with van der Waals surface area (Å²) in [5.74, 6) is 0.898. The highest BCUT2D eigenvalue weighted by molar-refractivity contribution is 5.80. The predicted octanol–water partition coefficient (Wildman–Crippen LogP) is 1.91. The number of likely N-dealkylation sites (tertiary alicyclic amines) is 1. The van der Waals surface area contributed by atoms with Crippen LogP contribution < -0.4 is 0 Å². The summed E-state index contributed by atoms with van der Waals surface area (Å²) in [4.78, 5) is 17.1. The monoisotopic (exact) mass is 316 g/mol. The van der Waals surface area contributed by atoms with E-state index >= 15 is 0 Å². The molecule has 0 saturated carbocycles. The van der Waals surface area contributed by atoms with Crippen molar-refractivity contribution in [2.75, 3.05) is 32.8 Å². The standard InChI is InChI=1S/C18H24N2O3/c21-18(15-3-1-2-4-15)20-11-16-10-19(6-8-23-17(16)12-20)9-14-5-7-22-13-14/h1-2,5,7,13,15-17H,3-4,6,8-12H2/t16-,17+/m1/s1. The smallest absolute Gasteiger partial charge is 0.226 e. The molecule has 0 aromatic carbocycles. The molecule has 0 bridgehead atoms. The van der Waals surface area contributed by atoms with Crippen LogP contribution in [0.3, 0.4) is 0 Å². The average Bonchev–Trinajstić information content (AvgIpc) is 3.28. The van der Waals surface area contributed by atoms with Crippen molar-refractivity contribution in [2.45, 2.75) is 25.5 Å². The minimum absolute atomic E-state index is 0.166. The first-order valence-corrected chi connectivity index (χ1v) is 8.58. The van der Waals surface area contributed by atoms with Crippen molar-refractivity contribution < 1.29 is 13.9 Å². The summed E-state index contributed by atoms with van der Waals surface area (Å²) in [6.45, 7) is 5.16. The summed E-state index contributed by atoms with van der Waals surface area (Å²) in [5, 5.41) is 0. The Morgan fingerprint density at radius 3 is 2.87 bits per heavy atom. The number of hydrogen-bond acceptors (Lipinski definition) is 4. The van der Waals surface area contributed by atoms with Crippen LogP contribution in [0.4, 0.5) is 0 Å². The SMILES string of the molecule is O=C(C1CC=CC1)N1C[C@H]2CN(Cc3ccoc3)CCO[C@H]2C1. The van der Waals surface area contributed by atoms with E-state index in [1.165, 1.54) is 5.56 Å². The van der Waals surface area contributed by atoms with E-state index in [2.05, 4.69) is 17.1 Å². The predicted molar refractivity (Wildman–Crippen MR) is 85.7 cm³/mol. The molecule has 5 nitrogen and oxygen atoms in total. The third kappa shape index (κ3) is 3.21. The molecule has 3 aliphatic rings. The number of ether oxygens (including phenoxy) is 1. The lowest BCUT2D eigenvalue weighted by Crippen LogP contribution is -2.36. The molecule has 0 spiro atoms. The first-order chi connectivity index (χ1) is 11.3. The van der Waals surface area contributed by atoms with Gasteiger partial charge in [0.2, 0.25) is 5.91 Å². The molecule has 2 atom stereocenters. The van der Waals surface area contributed by atoms with Gasteiger partial charge in [-0.15, -0.1) is 0 Å². The normalized spacial score (nSPS) is 29.0. The zero-order valence-corrected chi connectivity index (χ0v) is 13.4. The van der Waals surface area contributed by atoms with E-state index in [1.54, 1.807) is 12.5 Å². The van der Waals surface area contributed by atoms with Gasteiger partial charge in [0.1, 0.15) is 0 Å². The molecule has 5 heteroatoms. The molecular formula is C18H24N2O3. The van der Waals surface area contributed by atoms with E-state index in [9.17, 15) is 4.79 Å². The molecule has 2 fully saturated rings. The van der Waals surface area contributed by atoms with Crippen LogP contribution in [0.25, 0.3) is 0 Å². The van der Waals surface area contributed by atoms with Gasteiger partial charge in [-0.1, -0.05) is 12.2 Å². The first kappa shape index (κ1) is 15.0. The summed E-state index contributed by atoms with van der Waals surface area (Å²) in [6.07, 6.45) is 9.78. The molecule has 2 aliphatic heterocycles. The van der Waals surface area contributed by atoms with Crippen LogP contribution in [0.1, 0.15) is 18.4 Å². The third-order valence-corrected chi connectivity index (χ3v) is 5.27. The molecule has 4 rings (SSSR count). The van der Waals surface area contributed by atoms with E-state index in [-0.39, 0.29) is 12.0 Å². The maximum atomic E-state index is 12.6. The third-order valence-electron chi connectivity index (χ3n) is 5.27. The zero-order valence-electron chi connectivity index (χ0n) is 13.4. The van der Waals surface area contributed by atoms with E-state index in [0.29, 0.717) is 11.8 Å². The Kier molecular flexibility index (Phi) is 4.23. The minimum atomic E-state index is 0.166. The fraction of sp³-hybridized carbons (Fsp3) is 0.611. The second-order valence-corrected chi connectivity index (χ2v) is 6.92. The highest BCUT2D eigenvalue weighted by Gasteiger charge is 2.40. The molecular weight excluding hydrogens is 292 g/mol. The Morgan fingerprint density at radius 1 is 1.22 bits per heavy atom. The fourth-order valence-corrected chi connectivity index (χ4v) is 4.00. The van der Waals surface area contributed by atoms with Gasteiger partial charge < -0.3 is 14.1 Å². The molecule has 1 aromatic rings. The van der Waals surface area contributed by atoms with Crippen LogP contribution in [0, 0.1) is 11.8 Å². The summed E-state index contributed by atoms with van der Waals surface area (Å²) < 4.78 is 11.2. The molecule has 124 valence electrons. The average molecular weight is 316 g/mol. The lowest BCUT2D eigenvalue weighted by molar-refractivity contribution is -0.134. The molecule has 1 amide bonds. The Bertz CT molecular complexity index is 561. The van der Waals surface area contributed by atoms with Gasteiger partial charge in [-0.25, -0.2) is 0 Å². The highest BCUT2D eigenvalue weighted by atomic mass is 16.5. The second kappa shape index (κ2) is 6.49. The molecule has 3 heterocycles. The van der Waals surface area contributed by atoms with Gasteiger partial charge in [-0.05, 0) is 18.9 Å². The molecule has 23 heavy (non-hydrogen) atoms. The molecule has 1 aliphatic carbocycles.